The van der Waals surface area contributed by atoms with Gasteiger partial charge < -0.3 is 9.29 Å². The Hall–Kier alpha value is -2.00. The van der Waals surface area contributed by atoms with E-state index in [1.165, 1.54) is 24.3 Å². The second kappa shape index (κ2) is 4.68. The number of carboxylic acid groups (broad SMARTS) is 1. The van der Waals surface area contributed by atoms with E-state index in [-0.39, 0.29) is 11.4 Å². The van der Waals surface area contributed by atoms with Gasteiger partial charge in [0.05, 0.1) is 5.69 Å². The van der Waals surface area contributed by atoms with Crippen LogP contribution in [0.4, 0.5) is 10.5 Å². The van der Waals surface area contributed by atoms with Gasteiger partial charge in [-0.15, -0.1) is 0 Å². The first-order valence-electron chi connectivity index (χ1n) is 3.89. The van der Waals surface area contributed by atoms with E-state index in [1.54, 1.807) is 5.43 Å². The average Bonchev–Trinajstić information content (AvgIpc) is 2.14. The van der Waals surface area contributed by atoms with Gasteiger partial charge in [0.2, 0.25) is 0 Å². The van der Waals surface area contributed by atoms with E-state index >= 15 is 0 Å². The zero-order valence-corrected chi connectivity index (χ0v) is 8.56. The molecule has 0 spiro atoms. The standard InChI is InChI=1S/C7H8N2O6S/c10-7(11)9-8-5-3-1-2-4-6(5)15-16(12,13)14/h1-4,8-9H,(H,10,11)(H,12,13,14). The molecule has 0 aliphatic heterocycles. The molecular weight excluding hydrogens is 240 g/mol. The minimum atomic E-state index is -4.65. The van der Waals surface area contributed by atoms with E-state index in [2.05, 4.69) is 9.61 Å². The van der Waals surface area contributed by atoms with Crippen molar-refractivity contribution in [1.29, 1.82) is 0 Å². The van der Waals surface area contributed by atoms with Gasteiger partial charge in [-0.2, -0.15) is 8.42 Å². The number of carbonyl (C=O) groups is 1. The van der Waals surface area contributed by atoms with Crippen molar-refractivity contribution in [2.45, 2.75) is 0 Å². The zero-order chi connectivity index (χ0) is 12.2. The van der Waals surface area contributed by atoms with Crippen molar-refractivity contribution in [3.63, 3.8) is 0 Å². The van der Waals surface area contributed by atoms with Gasteiger partial charge in [-0.25, -0.2) is 10.2 Å². The summed E-state index contributed by atoms with van der Waals surface area (Å²) in [7, 11) is -4.65. The van der Waals surface area contributed by atoms with E-state index in [4.69, 9.17) is 9.66 Å². The monoisotopic (exact) mass is 248 g/mol. The first-order chi connectivity index (χ1) is 7.38. The molecule has 4 N–H and O–H groups in total. The predicted molar refractivity (Wildman–Crippen MR) is 53.4 cm³/mol. The Kier molecular flexibility index (Phi) is 3.53. The van der Waals surface area contributed by atoms with Crippen molar-refractivity contribution in [2.24, 2.45) is 0 Å². The van der Waals surface area contributed by atoms with Crippen LogP contribution in [-0.4, -0.2) is 24.2 Å². The third-order valence-corrected chi connectivity index (χ3v) is 1.78. The molecule has 0 radical (unpaired) electrons. The van der Waals surface area contributed by atoms with Crippen molar-refractivity contribution in [2.75, 3.05) is 5.43 Å². The number of para-hydroxylation sites is 2. The summed E-state index contributed by atoms with van der Waals surface area (Å²) in [5, 5.41) is 8.32. The summed E-state index contributed by atoms with van der Waals surface area (Å²) < 4.78 is 33.6. The Morgan fingerprint density at radius 1 is 1.31 bits per heavy atom. The van der Waals surface area contributed by atoms with Gasteiger partial charge in [-0.05, 0) is 12.1 Å². The summed E-state index contributed by atoms with van der Waals surface area (Å²) in [4.78, 5) is 10.2. The predicted octanol–water partition coefficient (Wildman–Crippen LogP) is 0.463. The summed E-state index contributed by atoms with van der Waals surface area (Å²) >= 11 is 0. The van der Waals surface area contributed by atoms with Gasteiger partial charge in [0.1, 0.15) is 0 Å². The molecule has 9 heteroatoms. The molecule has 88 valence electrons. The van der Waals surface area contributed by atoms with Crippen molar-refractivity contribution in [3.8, 4) is 5.75 Å². The molecule has 1 amide bonds. The molecule has 0 fully saturated rings. The highest BCUT2D eigenvalue weighted by Crippen LogP contribution is 2.23. The minimum Gasteiger partial charge on any atom is -0.464 e. The number of amides is 1. The quantitative estimate of drug-likeness (QED) is 0.450. The van der Waals surface area contributed by atoms with E-state index in [9.17, 15) is 13.2 Å². The highest BCUT2D eigenvalue weighted by molar-refractivity contribution is 7.81. The van der Waals surface area contributed by atoms with Gasteiger partial charge in [0.25, 0.3) is 0 Å². The highest BCUT2D eigenvalue weighted by Gasteiger charge is 2.11. The molecule has 1 rings (SSSR count). The Labute approximate surface area is 90.8 Å². The summed E-state index contributed by atoms with van der Waals surface area (Å²) in [5.41, 5.74) is 4.03. The van der Waals surface area contributed by atoms with Gasteiger partial charge in [0, 0.05) is 0 Å². The number of nitrogens with one attached hydrogen (secondary N) is 2. The number of rotatable bonds is 4. The molecule has 0 aliphatic carbocycles. The maximum atomic E-state index is 10.5. The number of anilines is 1. The Balaban J connectivity index is 2.87. The SMILES string of the molecule is O=C(O)NNc1ccccc1OS(=O)(=O)O. The van der Waals surface area contributed by atoms with Crippen LogP contribution in [0.2, 0.25) is 0 Å². The van der Waals surface area contributed by atoms with Crippen molar-refractivity contribution in [3.05, 3.63) is 24.3 Å². The lowest BCUT2D eigenvalue weighted by atomic mass is 10.3. The van der Waals surface area contributed by atoms with Crippen molar-refractivity contribution in [1.82, 2.24) is 5.43 Å². The van der Waals surface area contributed by atoms with Crippen LogP contribution in [0.3, 0.4) is 0 Å². The van der Waals surface area contributed by atoms with Crippen LogP contribution in [0.15, 0.2) is 24.3 Å². The largest absolute Gasteiger partial charge is 0.464 e. The number of hydrazine groups is 1. The topological polar surface area (TPSA) is 125 Å². The third kappa shape index (κ3) is 4.02. The van der Waals surface area contributed by atoms with Gasteiger partial charge in [-0.3, -0.25) is 9.98 Å². The summed E-state index contributed by atoms with van der Waals surface area (Å²) in [5.74, 6) is -0.237. The molecule has 0 saturated heterocycles. The molecular formula is C7H8N2O6S. The summed E-state index contributed by atoms with van der Waals surface area (Å²) in [6.07, 6.45) is -1.36. The second-order valence-electron chi connectivity index (χ2n) is 2.56. The van der Waals surface area contributed by atoms with E-state index in [0.717, 1.165) is 0 Å². The molecule has 8 nitrogen and oxygen atoms in total. The molecule has 0 bridgehead atoms. The van der Waals surface area contributed by atoms with Gasteiger partial charge >= 0.3 is 16.5 Å². The maximum absolute atomic E-state index is 10.5. The molecule has 0 unspecified atom stereocenters. The number of hydrogen-bond acceptors (Lipinski definition) is 5. The number of hydrogen-bond donors (Lipinski definition) is 4. The van der Waals surface area contributed by atoms with Crippen LogP contribution in [0.5, 0.6) is 5.75 Å². The van der Waals surface area contributed by atoms with E-state index in [1.807, 2.05) is 0 Å². The zero-order valence-electron chi connectivity index (χ0n) is 7.75. The van der Waals surface area contributed by atoms with Crippen molar-refractivity contribution >= 4 is 22.2 Å². The fraction of sp³-hybridized carbons (Fsp3) is 0. The third-order valence-electron chi connectivity index (χ3n) is 1.39. The highest BCUT2D eigenvalue weighted by atomic mass is 32.3. The first-order valence-corrected chi connectivity index (χ1v) is 5.26. The van der Waals surface area contributed by atoms with Gasteiger partial charge in [-0.1, -0.05) is 12.1 Å². The lowest BCUT2D eigenvalue weighted by Gasteiger charge is -2.09. The normalized spacial score (nSPS) is 10.6. The molecule has 0 atom stereocenters. The van der Waals surface area contributed by atoms with Crippen LogP contribution in [-0.2, 0) is 10.4 Å². The Morgan fingerprint density at radius 2 is 1.94 bits per heavy atom. The van der Waals surface area contributed by atoms with Crippen LogP contribution < -0.4 is 15.0 Å². The van der Waals surface area contributed by atoms with Crippen molar-refractivity contribution < 1.29 is 27.1 Å². The maximum Gasteiger partial charge on any atom is 0.446 e. The first kappa shape index (κ1) is 12.1. The fourth-order valence-corrected chi connectivity index (χ4v) is 1.25. The average molecular weight is 248 g/mol. The Bertz CT molecular complexity index is 485. The smallest absolute Gasteiger partial charge is 0.446 e. The van der Waals surface area contributed by atoms with Gasteiger partial charge in [0.15, 0.2) is 5.75 Å². The fourth-order valence-electron chi connectivity index (χ4n) is 0.877. The molecule has 1 aromatic carbocycles. The second-order valence-corrected chi connectivity index (χ2v) is 3.58. The van der Waals surface area contributed by atoms with Crippen LogP contribution in [0, 0.1) is 0 Å². The molecule has 0 saturated carbocycles. The lowest BCUT2D eigenvalue weighted by molar-refractivity contribution is 0.197. The van der Waals surface area contributed by atoms with Crippen LogP contribution in [0.1, 0.15) is 0 Å². The molecule has 0 aliphatic rings. The lowest BCUT2D eigenvalue weighted by Crippen LogP contribution is -2.27. The molecule has 0 aromatic heterocycles. The van der Waals surface area contributed by atoms with E-state index < -0.39 is 16.5 Å². The molecule has 16 heavy (non-hydrogen) atoms. The summed E-state index contributed by atoms with van der Waals surface area (Å²) in [6.45, 7) is 0. The minimum absolute atomic E-state index is 0.0440. The van der Waals surface area contributed by atoms with Crippen LogP contribution in [0.25, 0.3) is 0 Å². The summed E-state index contributed by atoms with van der Waals surface area (Å²) in [6, 6.07) is 5.56. The van der Waals surface area contributed by atoms with E-state index in [0.29, 0.717) is 0 Å². The molecule has 1 aromatic rings. The number of benzene rings is 1. The van der Waals surface area contributed by atoms with Crippen LogP contribution >= 0.6 is 0 Å². The molecule has 0 heterocycles. The Morgan fingerprint density at radius 3 is 2.50 bits per heavy atom.